The van der Waals surface area contributed by atoms with Crippen LogP contribution in [0, 0.1) is 13.8 Å². The van der Waals surface area contributed by atoms with Crippen LogP contribution in [-0.4, -0.2) is 53.3 Å². The van der Waals surface area contributed by atoms with Gasteiger partial charge in [0, 0.05) is 20.3 Å². The lowest BCUT2D eigenvalue weighted by atomic mass is 10.3. The standard InChI is InChI=1S/C19H23N5O3S/c1-12-17(18(25)20-10-5-11-26-3)28-19(21-12)16-13(2)24(23-22-16)14-6-8-15(27-4)9-7-14/h6-9H,5,10-11H2,1-4H3,(H,20,25). The molecule has 9 heteroatoms. The largest absolute Gasteiger partial charge is 0.497 e. The van der Waals surface area contributed by atoms with E-state index >= 15 is 0 Å². The zero-order valence-electron chi connectivity index (χ0n) is 16.4. The minimum Gasteiger partial charge on any atom is -0.497 e. The number of rotatable bonds is 8. The van der Waals surface area contributed by atoms with Gasteiger partial charge in [0.25, 0.3) is 5.91 Å². The Balaban J connectivity index is 1.81. The van der Waals surface area contributed by atoms with E-state index in [0.29, 0.717) is 34.4 Å². The zero-order valence-corrected chi connectivity index (χ0v) is 17.2. The summed E-state index contributed by atoms with van der Waals surface area (Å²) in [7, 11) is 3.27. The third-order valence-corrected chi connectivity index (χ3v) is 5.39. The highest BCUT2D eigenvalue weighted by molar-refractivity contribution is 7.17. The molecule has 0 aliphatic carbocycles. The number of carbonyl (C=O) groups is 1. The molecule has 3 aromatic rings. The molecule has 0 unspecified atom stereocenters. The van der Waals surface area contributed by atoms with Crippen molar-refractivity contribution in [2.24, 2.45) is 0 Å². The van der Waals surface area contributed by atoms with Gasteiger partial charge >= 0.3 is 0 Å². The van der Waals surface area contributed by atoms with Gasteiger partial charge in [-0.25, -0.2) is 9.67 Å². The number of thiazole rings is 1. The Morgan fingerprint density at radius 1 is 1.21 bits per heavy atom. The minimum atomic E-state index is -0.127. The molecule has 2 aromatic heterocycles. The molecule has 1 aromatic carbocycles. The number of hydrogen-bond donors (Lipinski definition) is 1. The Hall–Kier alpha value is -2.78. The number of ether oxygens (including phenoxy) is 2. The molecule has 1 amide bonds. The lowest BCUT2D eigenvalue weighted by Crippen LogP contribution is -2.24. The average molecular weight is 401 g/mol. The van der Waals surface area contributed by atoms with E-state index in [1.807, 2.05) is 38.1 Å². The van der Waals surface area contributed by atoms with Crippen molar-refractivity contribution in [2.75, 3.05) is 27.4 Å². The highest BCUT2D eigenvalue weighted by Crippen LogP contribution is 2.29. The lowest BCUT2D eigenvalue weighted by molar-refractivity contribution is 0.0952. The van der Waals surface area contributed by atoms with E-state index in [1.165, 1.54) is 11.3 Å². The molecule has 8 nitrogen and oxygen atoms in total. The molecular formula is C19H23N5O3S. The number of aryl methyl sites for hydroxylation is 1. The summed E-state index contributed by atoms with van der Waals surface area (Å²) < 4.78 is 11.9. The van der Waals surface area contributed by atoms with Crippen molar-refractivity contribution in [1.29, 1.82) is 0 Å². The number of nitrogens with zero attached hydrogens (tertiary/aromatic N) is 4. The summed E-state index contributed by atoms with van der Waals surface area (Å²) in [4.78, 5) is 17.5. The van der Waals surface area contributed by atoms with Crippen LogP contribution in [0.15, 0.2) is 24.3 Å². The molecule has 0 radical (unpaired) electrons. The smallest absolute Gasteiger partial charge is 0.263 e. The van der Waals surface area contributed by atoms with E-state index in [4.69, 9.17) is 9.47 Å². The SMILES string of the molecule is COCCCNC(=O)c1sc(-c2nnn(-c3ccc(OC)cc3)c2C)nc1C. The Bertz CT molecular complexity index is 949. The molecule has 0 spiro atoms. The quantitative estimate of drug-likeness (QED) is 0.584. The van der Waals surface area contributed by atoms with Gasteiger partial charge in [-0.15, -0.1) is 16.4 Å². The van der Waals surface area contributed by atoms with E-state index in [1.54, 1.807) is 18.9 Å². The van der Waals surface area contributed by atoms with Crippen LogP contribution in [-0.2, 0) is 4.74 Å². The first-order valence-corrected chi connectivity index (χ1v) is 9.68. The fraction of sp³-hybridized carbons (Fsp3) is 0.368. The van der Waals surface area contributed by atoms with E-state index < -0.39 is 0 Å². The van der Waals surface area contributed by atoms with Gasteiger partial charge in [0.05, 0.1) is 24.2 Å². The van der Waals surface area contributed by atoms with Crippen molar-refractivity contribution in [3.05, 3.63) is 40.5 Å². The maximum atomic E-state index is 12.4. The van der Waals surface area contributed by atoms with Gasteiger partial charge in [-0.2, -0.15) is 0 Å². The van der Waals surface area contributed by atoms with E-state index in [9.17, 15) is 4.79 Å². The monoisotopic (exact) mass is 401 g/mol. The van der Waals surface area contributed by atoms with Crippen LogP contribution < -0.4 is 10.1 Å². The second kappa shape index (κ2) is 8.94. The second-order valence-electron chi connectivity index (χ2n) is 6.17. The first kappa shape index (κ1) is 20.0. The van der Waals surface area contributed by atoms with Crippen LogP contribution in [0.2, 0.25) is 0 Å². The first-order chi connectivity index (χ1) is 13.5. The van der Waals surface area contributed by atoms with Crippen LogP contribution in [0.4, 0.5) is 0 Å². The van der Waals surface area contributed by atoms with Crippen LogP contribution in [0.1, 0.15) is 27.5 Å². The Morgan fingerprint density at radius 2 is 1.96 bits per heavy atom. The summed E-state index contributed by atoms with van der Waals surface area (Å²) >= 11 is 1.32. The molecule has 0 saturated carbocycles. The molecule has 28 heavy (non-hydrogen) atoms. The predicted octanol–water partition coefficient (Wildman–Crippen LogP) is 2.78. The second-order valence-corrected chi connectivity index (χ2v) is 7.17. The van der Waals surface area contributed by atoms with Gasteiger partial charge < -0.3 is 14.8 Å². The Morgan fingerprint density at radius 3 is 2.64 bits per heavy atom. The third-order valence-electron chi connectivity index (χ3n) is 4.23. The molecular weight excluding hydrogens is 378 g/mol. The van der Waals surface area contributed by atoms with E-state index in [0.717, 1.165) is 23.6 Å². The number of amides is 1. The number of methoxy groups -OCH3 is 2. The van der Waals surface area contributed by atoms with Crippen LogP contribution >= 0.6 is 11.3 Å². The minimum absolute atomic E-state index is 0.127. The summed E-state index contributed by atoms with van der Waals surface area (Å²) in [5, 5.41) is 12.1. The Labute approximate surface area is 167 Å². The van der Waals surface area contributed by atoms with Crippen molar-refractivity contribution in [3.63, 3.8) is 0 Å². The van der Waals surface area contributed by atoms with Crippen LogP contribution in [0.3, 0.4) is 0 Å². The van der Waals surface area contributed by atoms with E-state index in [2.05, 4.69) is 20.6 Å². The highest BCUT2D eigenvalue weighted by Gasteiger charge is 2.20. The third kappa shape index (κ3) is 4.20. The maximum Gasteiger partial charge on any atom is 0.263 e. The molecule has 0 atom stereocenters. The number of carbonyl (C=O) groups excluding carboxylic acids is 1. The molecule has 1 N–H and O–H groups in total. The molecule has 3 rings (SSSR count). The predicted molar refractivity (Wildman–Crippen MR) is 107 cm³/mol. The highest BCUT2D eigenvalue weighted by atomic mass is 32.1. The molecule has 0 bridgehead atoms. The lowest BCUT2D eigenvalue weighted by Gasteiger charge is -2.04. The fourth-order valence-electron chi connectivity index (χ4n) is 2.70. The normalized spacial score (nSPS) is 10.9. The van der Waals surface area contributed by atoms with Crippen LogP contribution in [0.25, 0.3) is 16.4 Å². The number of aromatic nitrogens is 4. The van der Waals surface area contributed by atoms with E-state index in [-0.39, 0.29) is 5.91 Å². The molecule has 0 aliphatic rings. The molecule has 0 saturated heterocycles. The molecule has 0 fully saturated rings. The molecule has 0 aliphatic heterocycles. The average Bonchev–Trinajstić information content (AvgIpc) is 3.27. The number of hydrogen-bond acceptors (Lipinski definition) is 7. The first-order valence-electron chi connectivity index (χ1n) is 8.86. The van der Waals surface area contributed by atoms with Gasteiger partial charge in [-0.05, 0) is 44.5 Å². The van der Waals surface area contributed by atoms with Gasteiger partial charge in [-0.1, -0.05) is 5.21 Å². The van der Waals surface area contributed by atoms with Gasteiger partial charge in [0.15, 0.2) is 0 Å². The van der Waals surface area contributed by atoms with Crippen molar-refractivity contribution >= 4 is 17.2 Å². The Kier molecular flexibility index (Phi) is 6.37. The van der Waals surface area contributed by atoms with Gasteiger partial charge in [0.1, 0.15) is 21.3 Å². The van der Waals surface area contributed by atoms with Crippen molar-refractivity contribution in [2.45, 2.75) is 20.3 Å². The zero-order chi connectivity index (χ0) is 20.1. The number of nitrogens with one attached hydrogen (secondary N) is 1. The summed E-state index contributed by atoms with van der Waals surface area (Å²) in [5.74, 6) is 0.649. The van der Waals surface area contributed by atoms with Crippen molar-refractivity contribution in [1.82, 2.24) is 25.3 Å². The summed E-state index contributed by atoms with van der Waals surface area (Å²) in [5.41, 5.74) is 3.08. The molecule has 148 valence electrons. The molecule has 2 heterocycles. The maximum absolute atomic E-state index is 12.4. The van der Waals surface area contributed by atoms with Crippen molar-refractivity contribution in [3.8, 4) is 22.1 Å². The van der Waals surface area contributed by atoms with Crippen molar-refractivity contribution < 1.29 is 14.3 Å². The summed E-state index contributed by atoms with van der Waals surface area (Å²) in [6, 6.07) is 7.57. The number of benzene rings is 1. The van der Waals surface area contributed by atoms with Crippen LogP contribution in [0.5, 0.6) is 5.75 Å². The summed E-state index contributed by atoms with van der Waals surface area (Å²) in [6.07, 6.45) is 0.766. The van der Waals surface area contributed by atoms with Gasteiger partial charge in [0.2, 0.25) is 0 Å². The van der Waals surface area contributed by atoms with Gasteiger partial charge in [-0.3, -0.25) is 4.79 Å². The summed E-state index contributed by atoms with van der Waals surface area (Å²) in [6.45, 7) is 4.93. The topological polar surface area (TPSA) is 91.2 Å². The fourth-order valence-corrected chi connectivity index (χ4v) is 3.72.